The number of ether oxygens (including phenoxy) is 1. The lowest BCUT2D eigenvalue weighted by Gasteiger charge is -2.29. The molecule has 5 heteroatoms. The highest BCUT2D eigenvalue weighted by Crippen LogP contribution is 2.26. The number of benzene rings is 1. The Kier molecular flexibility index (Phi) is 4.28. The van der Waals surface area contributed by atoms with Gasteiger partial charge in [-0.15, -0.1) is 0 Å². The summed E-state index contributed by atoms with van der Waals surface area (Å²) in [5.41, 5.74) is 0.365. The first-order valence-electron chi connectivity index (χ1n) is 6.75. The van der Waals surface area contributed by atoms with Crippen LogP contribution >= 0.6 is 0 Å². The van der Waals surface area contributed by atoms with Crippen molar-refractivity contribution in [1.82, 2.24) is 0 Å². The van der Waals surface area contributed by atoms with Gasteiger partial charge in [0, 0.05) is 13.1 Å². The summed E-state index contributed by atoms with van der Waals surface area (Å²) in [7, 11) is 0. The Hall–Kier alpha value is -1.62. The van der Waals surface area contributed by atoms with E-state index in [1.165, 1.54) is 6.07 Å². The van der Waals surface area contributed by atoms with Gasteiger partial charge in [-0.25, -0.2) is 4.39 Å². The van der Waals surface area contributed by atoms with Crippen molar-refractivity contribution in [2.45, 2.75) is 20.3 Å². The van der Waals surface area contributed by atoms with E-state index in [0.717, 1.165) is 0 Å². The normalized spacial score (nSPS) is 16.2. The van der Waals surface area contributed by atoms with Gasteiger partial charge in [-0.05, 0) is 38.0 Å². The lowest BCUT2D eigenvalue weighted by Crippen LogP contribution is -2.36. The van der Waals surface area contributed by atoms with E-state index in [2.05, 4.69) is 0 Å². The van der Waals surface area contributed by atoms with Gasteiger partial charge in [0.05, 0.1) is 24.3 Å². The van der Waals surface area contributed by atoms with Crippen molar-refractivity contribution in [2.75, 3.05) is 31.2 Å². The van der Waals surface area contributed by atoms with E-state index in [0.29, 0.717) is 44.0 Å². The summed E-state index contributed by atoms with van der Waals surface area (Å²) >= 11 is 0. The average molecular weight is 281 g/mol. The number of anilines is 1. The molecule has 0 aromatic heterocycles. The Morgan fingerprint density at radius 2 is 2.05 bits per heavy atom. The number of aliphatic carboxylic acids is 1. The molecule has 4 nitrogen and oxygen atoms in total. The highest BCUT2D eigenvalue weighted by molar-refractivity contribution is 5.74. The molecule has 0 saturated carbocycles. The van der Waals surface area contributed by atoms with Gasteiger partial charge < -0.3 is 14.7 Å². The fourth-order valence-electron chi connectivity index (χ4n) is 2.31. The summed E-state index contributed by atoms with van der Waals surface area (Å²) in [6, 6.07) is 4.97. The van der Waals surface area contributed by atoms with Crippen LogP contribution in [0.4, 0.5) is 10.1 Å². The minimum Gasteiger partial charge on any atom is -0.481 e. The van der Waals surface area contributed by atoms with Gasteiger partial charge in [-0.2, -0.15) is 0 Å². The fraction of sp³-hybridized carbons (Fsp3) is 0.533. The highest BCUT2D eigenvalue weighted by Gasteiger charge is 2.27. The third kappa shape index (κ3) is 3.28. The Morgan fingerprint density at radius 3 is 2.60 bits per heavy atom. The second-order valence-corrected chi connectivity index (χ2v) is 5.75. The predicted molar refractivity (Wildman–Crippen MR) is 74.6 cm³/mol. The molecular weight excluding hydrogens is 261 g/mol. The third-order valence-corrected chi connectivity index (χ3v) is 3.59. The molecule has 1 aromatic rings. The molecule has 1 aliphatic heterocycles. The Labute approximate surface area is 118 Å². The lowest BCUT2D eigenvalue weighted by molar-refractivity contribution is -0.146. The minimum absolute atomic E-state index is 0.300. The lowest BCUT2D eigenvalue weighted by atomic mass is 9.86. The van der Waals surface area contributed by atoms with Crippen molar-refractivity contribution in [3.05, 3.63) is 29.6 Å². The van der Waals surface area contributed by atoms with Gasteiger partial charge in [0.15, 0.2) is 0 Å². The number of morpholine rings is 1. The molecule has 1 aliphatic rings. The Morgan fingerprint density at radius 1 is 1.40 bits per heavy atom. The van der Waals surface area contributed by atoms with Crippen molar-refractivity contribution >= 4 is 11.7 Å². The van der Waals surface area contributed by atoms with Crippen LogP contribution in [0.2, 0.25) is 0 Å². The first-order valence-corrected chi connectivity index (χ1v) is 6.75. The summed E-state index contributed by atoms with van der Waals surface area (Å²) in [5.74, 6) is -1.18. The molecule has 0 aliphatic carbocycles. The number of rotatable bonds is 4. The Balaban J connectivity index is 2.15. The smallest absolute Gasteiger partial charge is 0.309 e. The van der Waals surface area contributed by atoms with E-state index in [4.69, 9.17) is 9.84 Å². The van der Waals surface area contributed by atoms with E-state index < -0.39 is 11.4 Å². The topological polar surface area (TPSA) is 49.8 Å². The number of halogens is 1. The minimum atomic E-state index is -0.896. The monoisotopic (exact) mass is 281 g/mol. The molecule has 1 aromatic carbocycles. The van der Waals surface area contributed by atoms with Crippen LogP contribution in [-0.4, -0.2) is 37.4 Å². The van der Waals surface area contributed by atoms with Gasteiger partial charge in [-0.3, -0.25) is 4.79 Å². The quantitative estimate of drug-likeness (QED) is 0.920. The maximum absolute atomic E-state index is 14.2. The predicted octanol–water partition coefficient (Wildman–Crippen LogP) is 2.32. The third-order valence-electron chi connectivity index (χ3n) is 3.59. The van der Waals surface area contributed by atoms with Crippen LogP contribution in [0.5, 0.6) is 0 Å². The molecule has 1 fully saturated rings. The summed E-state index contributed by atoms with van der Waals surface area (Å²) in [6.07, 6.45) is 0.308. The van der Waals surface area contributed by atoms with Gasteiger partial charge in [-0.1, -0.05) is 6.07 Å². The maximum atomic E-state index is 14.2. The van der Waals surface area contributed by atoms with E-state index >= 15 is 0 Å². The van der Waals surface area contributed by atoms with Gasteiger partial charge >= 0.3 is 5.97 Å². The standard InChI is InChI=1S/C15H20FNO3/c1-15(2,14(18)19)10-11-3-4-13(12(16)9-11)17-5-7-20-8-6-17/h3-4,9H,5-8,10H2,1-2H3,(H,18,19). The van der Waals surface area contributed by atoms with Gasteiger partial charge in [0.25, 0.3) is 0 Å². The zero-order valence-electron chi connectivity index (χ0n) is 11.9. The first-order chi connectivity index (χ1) is 9.40. The maximum Gasteiger partial charge on any atom is 0.309 e. The zero-order chi connectivity index (χ0) is 14.8. The largest absolute Gasteiger partial charge is 0.481 e. The van der Waals surface area contributed by atoms with Crippen molar-refractivity contribution in [3.63, 3.8) is 0 Å². The van der Waals surface area contributed by atoms with Crippen LogP contribution < -0.4 is 4.90 Å². The number of carboxylic acid groups (broad SMARTS) is 1. The van der Waals surface area contributed by atoms with Gasteiger partial charge in [0.2, 0.25) is 0 Å². The van der Waals surface area contributed by atoms with E-state index in [9.17, 15) is 9.18 Å². The van der Waals surface area contributed by atoms with Crippen LogP contribution in [0.15, 0.2) is 18.2 Å². The molecule has 1 saturated heterocycles. The molecule has 0 atom stereocenters. The molecular formula is C15H20FNO3. The summed E-state index contributed by atoms with van der Waals surface area (Å²) < 4.78 is 19.4. The van der Waals surface area contributed by atoms with Crippen LogP contribution in [0.3, 0.4) is 0 Å². The average Bonchev–Trinajstić information content (AvgIpc) is 2.39. The summed E-state index contributed by atoms with van der Waals surface area (Å²) in [5, 5.41) is 9.11. The molecule has 0 amide bonds. The number of nitrogens with zero attached hydrogens (tertiary/aromatic N) is 1. The number of hydrogen-bond donors (Lipinski definition) is 1. The second-order valence-electron chi connectivity index (χ2n) is 5.75. The SMILES string of the molecule is CC(C)(Cc1ccc(N2CCOCC2)c(F)c1)C(=O)O. The van der Waals surface area contributed by atoms with Crippen LogP contribution in [0, 0.1) is 11.2 Å². The van der Waals surface area contributed by atoms with Crippen molar-refractivity contribution in [2.24, 2.45) is 5.41 Å². The molecule has 110 valence electrons. The molecule has 2 rings (SSSR count). The highest BCUT2D eigenvalue weighted by atomic mass is 19.1. The molecule has 20 heavy (non-hydrogen) atoms. The van der Waals surface area contributed by atoms with Crippen LogP contribution in [0.25, 0.3) is 0 Å². The molecule has 0 spiro atoms. The number of hydrogen-bond acceptors (Lipinski definition) is 3. The molecule has 0 radical (unpaired) electrons. The molecule has 1 heterocycles. The first kappa shape index (κ1) is 14.8. The van der Waals surface area contributed by atoms with Crippen molar-refractivity contribution in [1.29, 1.82) is 0 Å². The van der Waals surface area contributed by atoms with E-state index in [1.807, 2.05) is 4.90 Å². The molecule has 0 bridgehead atoms. The van der Waals surface area contributed by atoms with Crippen LogP contribution in [0.1, 0.15) is 19.4 Å². The Bertz CT molecular complexity index is 496. The molecule has 0 unspecified atom stereocenters. The second kappa shape index (κ2) is 5.79. The summed E-state index contributed by atoms with van der Waals surface area (Å²) in [6.45, 7) is 5.85. The number of carboxylic acids is 1. The van der Waals surface area contributed by atoms with Crippen LogP contribution in [-0.2, 0) is 16.0 Å². The van der Waals surface area contributed by atoms with Crippen molar-refractivity contribution < 1.29 is 19.0 Å². The fourth-order valence-corrected chi connectivity index (χ4v) is 2.31. The van der Waals surface area contributed by atoms with Gasteiger partial charge in [0.1, 0.15) is 5.82 Å². The van der Waals surface area contributed by atoms with Crippen molar-refractivity contribution in [3.8, 4) is 0 Å². The molecule has 1 N–H and O–H groups in total. The van der Waals surface area contributed by atoms with E-state index in [1.54, 1.807) is 26.0 Å². The summed E-state index contributed by atoms with van der Waals surface area (Å²) in [4.78, 5) is 13.1. The number of carbonyl (C=O) groups is 1. The van der Waals surface area contributed by atoms with E-state index in [-0.39, 0.29) is 5.82 Å². The zero-order valence-corrected chi connectivity index (χ0v) is 11.9.